The second-order valence-electron chi connectivity index (χ2n) is 8.74. The van der Waals surface area contributed by atoms with E-state index in [2.05, 4.69) is 42.9 Å². The highest BCUT2D eigenvalue weighted by Gasteiger charge is 2.13. The number of ether oxygens (including phenoxy) is 1. The molecule has 0 atom stereocenters. The summed E-state index contributed by atoms with van der Waals surface area (Å²) in [5, 5.41) is 3.56. The first-order valence-corrected chi connectivity index (χ1v) is 11.9. The van der Waals surface area contributed by atoms with Gasteiger partial charge in [0.05, 0.1) is 30.8 Å². The van der Waals surface area contributed by atoms with Crippen molar-refractivity contribution in [1.82, 2.24) is 24.6 Å². The average Bonchev–Trinajstić information content (AvgIpc) is 3.28. The monoisotopic (exact) mass is 459 g/mol. The molecule has 0 amide bonds. The number of morpholine rings is 1. The molecule has 0 spiro atoms. The predicted octanol–water partition coefficient (Wildman–Crippen LogP) is 4.32. The maximum Gasteiger partial charge on any atom is 0.136 e. The topological polar surface area (TPSA) is 54.7 Å². The average molecular weight is 460 g/mol. The Hall–Kier alpha value is -3.13. The molecule has 1 aromatic carbocycles. The molecule has 0 aliphatic carbocycles. The summed E-state index contributed by atoms with van der Waals surface area (Å²) in [6.45, 7) is 8.34. The minimum atomic E-state index is -0.205. The van der Waals surface area contributed by atoms with E-state index in [-0.39, 0.29) is 5.82 Å². The zero-order chi connectivity index (χ0) is 23.3. The molecule has 34 heavy (non-hydrogen) atoms. The van der Waals surface area contributed by atoms with Crippen molar-refractivity contribution in [3.05, 3.63) is 78.1 Å². The van der Waals surface area contributed by atoms with Crippen LogP contribution >= 0.6 is 0 Å². The lowest BCUT2D eigenvalue weighted by Gasteiger charge is -2.26. The number of hydrogen-bond donors (Lipinski definition) is 1. The van der Waals surface area contributed by atoms with Crippen LogP contribution < -0.4 is 5.32 Å². The van der Waals surface area contributed by atoms with Crippen LogP contribution in [0.15, 0.2) is 61.1 Å². The smallest absolute Gasteiger partial charge is 0.136 e. The summed E-state index contributed by atoms with van der Waals surface area (Å²) in [7, 11) is 0. The zero-order valence-corrected chi connectivity index (χ0v) is 19.5. The van der Waals surface area contributed by atoms with Crippen LogP contribution in [0.1, 0.15) is 17.7 Å². The van der Waals surface area contributed by atoms with Gasteiger partial charge in [-0.3, -0.25) is 9.88 Å². The number of benzene rings is 1. The second-order valence-corrected chi connectivity index (χ2v) is 8.74. The number of fused-ring (bicyclic) bond motifs is 1. The van der Waals surface area contributed by atoms with Gasteiger partial charge >= 0.3 is 0 Å². The summed E-state index contributed by atoms with van der Waals surface area (Å²) in [5.41, 5.74) is 6.44. The van der Waals surface area contributed by atoms with Gasteiger partial charge < -0.3 is 14.5 Å². The molecule has 1 aliphatic rings. The first-order chi connectivity index (χ1) is 16.7. The molecule has 3 aromatic heterocycles. The van der Waals surface area contributed by atoms with Crippen molar-refractivity contribution in [1.29, 1.82) is 0 Å². The van der Waals surface area contributed by atoms with E-state index in [1.54, 1.807) is 19.2 Å². The Morgan fingerprint density at radius 3 is 2.76 bits per heavy atom. The lowest BCUT2D eigenvalue weighted by Crippen LogP contribution is -2.37. The summed E-state index contributed by atoms with van der Waals surface area (Å²) < 4.78 is 21.4. The fourth-order valence-electron chi connectivity index (χ4n) is 4.45. The van der Waals surface area contributed by atoms with Gasteiger partial charge in [-0.15, -0.1) is 0 Å². The molecule has 1 fully saturated rings. The third-order valence-corrected chi connectivity index (χ3v) is 6.37. The molecule has 0 unspecified atom stereocenters. The van der Waals surface area contributed by atoms with Crippen molar-refractivity contribution in [2.75, 3.05) is 39.4 Å². The van der Waals surface area contributed by atoms with Gasteiger partial charge in [-0.05, 0) is 68.4 Å². The Bertz CT molecular complexity index is 1270. The van der Waals surface area contributed by atoms with E-state index >= 15 is 0 Å². The number of hydrogen-bond acceptors (Lipinski definition) is 5. The van der Waals surface area contributed by atoms with Crippen LogP contribution in [0.2, 0.25) is 0 Å². The van der Waals surface area contributed by atoms with Crippen molar-refractivity contribution in [3.63, 3.8) is 0 Å². The van der Waals surface area contributed by atoms with Gasteiger partial charge in [0.25, 0.3) is 0 Å². The molecule has 4 aromatic rings. The molecule has 7 heteroatoms. The first-order valence-electron chi connectivity index (χ1n) is 11.9. The highest BCUT2D eigenvalue weighted by molar-refractivity contribution is 5.81. The van der Waals surface area contributed by atoms with Crippen LogP contribution in [0.25, 0.3) is 28.0 Å². The molecule has 5 rings (SSSR count). The highest BCUT2D eigenvalue weighted by atomic mass is 19.1. The van der Waals surface area contributed by atoms with Gasteiger partial charge in [-0.25, -0.2) is 9.37 Å². The summed E-state index contributed by atoms with van der Waals surface area (Å²) in [4.78, 5) is 11.7. The number of nitrogens with zero attached hydrogens (tertiary/aromatic N) is 4. The van der Waals surface area contributed by atoms with Gasteiger partial charge in [-0.1, -0.05) is 6.07 Å². The van der Waals surface area contributed by atoms with Crippen molar-refractivity contribution >= 4 is 5.65 Å². The Morgan fingerprint density at radius 2 is 1.91 bits per heavy atom. The molecular formula is C27H30FN5O. The maximum absolute atomic E-state index is 13.8. The highest BCUT2D eigenvalue weighted by Crippen LogP contribution is 2.31. The summed E-state index contributed by atoms with van der Waals surface area (Å²) >= 11 is 0. The molecule has 0 bridgehead atoms. The fraction of sp³-hybridized carbons (Fsp3) is 0.333. The number of nitrogens with one attached hydrogen (secondary N) is 1. The third kappa shape index (κ3) is 5.01. The molecule has 1 N–H and O–H groups in total. The number of aromatic nitrogens is 3. The van der Waals surface area contributed by atoms with Gasteiger partial charge in [-0.2, -0.15) is 0 Å². The Kier molecular flexibility index (Phi) is 6.94. The predicted molar refractivity (Wildman–Crippen MR) is 132 cm³/mol. The fourth-order valence-corrected chi connectivity index (χ4v) is 4.45. The zero-order valence-electron chi connectivity index (χ0n) is 19.5. The standard InChI is InChI=1S/C27H30FN5O/c1-20-16-21(5-7-25(20)28)27-24(4-2-10-30-27)22-6-8-26-31-18-23(33(26)19-22)17-29-9-3-11-32-12-14-34-15-13-32/h2,4-8,10,16,18-19,29H,3,9,11-15,17H2,1H3. The lowest BCUT2D eigenvalue weighted by molar-refractivity contribution is 0.0374. The number of pyridine rings is 2. The van der Waals surface area contributed by atoms with E-state index in [1.165, 1.54) is 6.07 Å². The van der Waals surface area contributed by atoms with E-state index in [4.69, 9.17) is 4.74 Å². The van der Waals surface area contributed by atoms with Crippen LogP contribution in [0.5, 0.6) is 0 Å². The number of aryl methyl sites for hydroxylation is 1. The maximum atomic E-state index is 13.8. The number of halogens is 1. The lowest BCUT2D eigenvalue weighted by atomic mass is 9.99. The van der Waals surface area contributed by atoms with Crippen molar-refractivity contribution in [2.45, 2.75) is 19.9 Å². The van der Waals surface area contributed by atoms with E-state index in [0.29, 0.717) is 5.56 Å². The van der Waals surface area contributed by atoms with Crippen LogP contribution in [0.3, 0.4) is 0 Å². The first kappa shape index (κ1) is 22.7. The summed E-state index contributed by atoms with van der Waals surface area (Å²) in [6, 6.07) is 13.2. The quantitative estimate of drug-likeness (QED) is 0.398. The van der Waals surface area contributed by atoms with Crippen LogP contribution in [0, 0.1) is 12.7 Å². The van der Waals surface area contributed by atoms with E-state index in [1.807, 2.05) is 24.4 Å². The van der Waals surface area contributed by atoms with Crippen LogP contribution in [-0.2, 0) is 11.3 Å². The molecule has 1 saturated heterocycles. The molecule has 1 aliphatic heterocycles. The van der Waals surface area contributed by atoms with Crippen LogP contribution in [-0.4, -0.2) is 58.7 Å². The second kappa shape index (κ2) is 10.4. The van der Waals surface area contributed by atoms with E-state index < -0.39 is 0 Å². The van der Waals surface area contributed by atoms with Gasteiger partial charge in [0, 0.05) is 48.7 Å². The Morgan fingerprint density at radius 1 is 1.06 bits per heavy atom. The third-order valence-electron chi connectivity index (χ3n) is 6.37. The van der Waals surface area contributed by atoms with Gasteiger partial charge in [0.2, 0.25) is 0 Å². The minimum absolute atomic E-state index is 0.205. The number of rotatable bonds is 8. The van der Waals surface area contributed by atoms with E-state index in [9.17, 15) is 4.39 Å². The van der Waals surface area contributed by atoms with Crippen molar-refractivity contribution in [3.8, 4) is 22.4 Å². The SMILES string of the molecule is Cc1cc(-c2ncccc2-c2ccc3ncc(CNCCCN4CCOCC4)n3c2)ccc1F. The Balaban J connectivity index is 1.32. The molecular weight excluding hydrogens is 429 g/mol. The molecule has 0 radical (unpaired) electrons. The van der Waals surface area contributed by atoms with Crippen molar-refractivity contribution in [2.24, 2.45) is 0 Å². The largest absolute Gasteiger partial charge is 0.379 e. The number of imidazole rings is 1. The molecule has 6 nitrogen and oxygen atoms in total. The van der Waals surface area contributed by atoms with Crippen molar-refractivity contribution < 1.29 is 9.13 Å². The van der Waals surface area contributed by atoms with E-state index in [0.717, 1.165) is 86.1 Å². The van der Waals surface area contributed by atoms with Gasteiger partial charge in [0.15, 0.2) is 0 Å². The Labute approximate surface area is 199 Å². The summed E-state index contributed by atoms with van der Waals surface area (Å²) in [6.07, 6.45) is 6.93. The normalized spacial score (nSPS) is 14.6. The summed E-state index contributed by atoms with van der Waals surface area (Å²) in [5.74, 6) is -0.205. The molecule has 176 valence electrons. The minimum Gasteiger partial charge on any atom is -0.379 e. The van der Waals surface area contributed by atoms with Gasteiger partial charge in [0.1, 0.15) is 11.5 Å². The molecule has 0 saturated carbocycles. The molecule has 4 heterocycles. The van der Waals surface area contributed by atoms with Crippen LogP contribution in [0.4, 0.5) is 4.39 Å².